The summed E-state index contributed by atoms with van der Waals surface area (Å²) in [6.07, 6.45) is 0. The summed E-state index contributed by atoms with van der Waals surface area (Å²) >= 11 is 11.2. The molecule has 4 nitrogen and oxygen atoms in total. The van der Waals surface area contributed by atoms with Gasteiger partial charge in [0.25, 0.3) is 0 Å². The number of aromatic nitrogens is 4. The molecule has 0 fully saturated rings. The molecule has 7 heteroatoms. The molecule has 0 aromatic carbocycles. The zero-order valence-corrected chi connectivity index (χ0v) is 9.88. The van der Waals surface area contributed by atoms with Crippen LogP contribution in [0, 0.1) is 9.28 Å². The SMILES string of the molecule is S=c1ccc(Sc2ccc(=S)[nH]n2)n[nH]1. The van der Waals surface area contributed by atoms with Gasteiger partial charge in [0.2, 0.25) is 0 Å². The Morgan fingerprint density at radius 2 is 1.33 bits per heavy atom. The lowest BCUT2D eigenvalue weighted by molar-refractivity contribution is 0.895. The maximum atomic E-state index is 4.89. The van der Waals surface area contributed by atoms with Crippen LogP contribution < -0.4 is 0 Å². The number of hydrogen-bond acceptors (Lipinski definition) is 5. The number of rotatable bonds is 2. The van der Waals surface area contributed by atoms with E-state index in [1.807, 2.05) is 12.1 Å². The lowest BCUT2D eigenvalue weighted by Crippen LogP contribution is -1.87. The third-order valence-electron chi connectivity index (χ3n) is 1.52. The Balaban J connectivity index is 2.22. The molecular formula is C8H6N4S3. The Bertz CT molecular complexity index is 482. The highest BCUT2D eigenvalue weighted by molar-refractivity contribution is 7.99. The van der Waals surface area contributed by atoms with Crippen LogP contribution in [0.1, 0.15) is 0 Å². The smallest absolute Gasteiger partial charge is 0.123 e. The Labute approximate surface area is 100 Å². The second-order valence-electron chi connectivity index (χ2n) is 2.62. The minimum Gasteiger partial charge on any atom is -0.267 e. The van der Waals surface area contributed by atoms with Crippen molar-refractivity contribution in [1.29, 1.82) is 0 Å². The second kappa shape index (κ2) is 4.65. The van der Waals surface area contributed by atoms with Gasteiger partial charge in [-0.1, -0.05) is 24.4 Å². The lowest BCUT2D eigenvalue weighted by atomic mass is 10.6. The largest absolute Gasteiger partial charge is 0.267 e. The van der Waals surface area contributed by atoms with Gasteiger partial charge in [0.1, 0.15) is 19.3 Å². The maximum absolute atomic E-state index is 4.89. The van der Waals surface area contributed by atoms with E-state index in [0.717, 1.165) is 10.1 Å². The van der Waals surface area contributed by atoms with Gasteiger partial charge in [-0.05, 0) is 36.0 Å². The zero-order valence-electron chi connectivity index (χ0n) is 7.43. The summed E-state index contributed by atoms with van der Waals surface area (Å²) in [6.45, 7) is 0. The molecule has 0 saturated carbocycles. The first kappa shape index (κ1) is 10.5. The van der Waals surface area contributed by atoms with E-state index in [1.165, 1.54) is 11.8 Å². The molecule has 15 heavy (non-hydrogen) atoms. The fourth-order valence-corrected chi connectivity index (χ4v) is 1.78. The van der Waals surface area contributed by atoms with Gasteiger partial charge in [0.15, 0.2) is 0 Å². The molecule has 2 aromatic rings. The van der Waals surface area contributed by atoms with Crippen molar-refractivity contribution in [3.63, 3.8) is 0 Å². The highest BCUT2D eigenvalue weighted by atomic mass is 32.2. The summed E-state index contributed by atoms with van der Waals surface area (Å²) in [5, 5.41) is 15.1. The van der Waals surface area contributed by atoms with Gasteiger partial charge >= 0.3 is 0 Å². The Kier molecular flexibility index (Phi) is 3.24. The Morgan fingerprint density at radius 1 is 0.867 bits per heavy atom. The van der Waals surface area contributed by atoms with Gasteiger partial charge in [-0.25, -0.2) is 0 Å². The molecule has 0 saturated heterocycles. The fourth-order valence-electron chi connectivity index (χ4n) is 0.884. The molecule has 0 atom stereocenters. The zero-order chi connectivity index (χ0) is 10.7. The summed E-state index contributed by atoms with van der Waals surface area (Å²) in [4.78, 5) is 0. The normalized spacial score (nSPS) is 10.1. The van der Waals surface area contributed by atoms with E-state index in [0.29, 0.717) is 9.28 Å². The van der Waals surface area contributed by atoms with E-state index in [2.05, 4.69) is 20.4 Å². The van der Waals surface area contributed by atoms with Gasteiger partial charge in [0.05, 0.1) is 0 Å². The molecule has 0 unspecified atom stereocenters. The average molecular weight is 254 g/mol. The van der Waals surface area contributed by atoms with E-state index in [1.54, 1.807) is 12.1 Å². The first-order valence-corrected chi connectivity index (χ1v) is 5.67. The van der Waals surface area contributed by atoms with Crippen LogP contribution >= 0.6 is 36.2 Å². The second-order valence-corrected chi connectivity index (χ2v) is 4.54. The lowest BCUT2D eigenvalue weighted by Gasteiger charge is -1.97. The summed E-state index contributed by atoms with van der Waals surface area (Å²) in [7, 11) is 0. The van der Waals surface area contributed by atoms with E-state index in [9.17, 15) is 0 Å². The predicted molar refractivity (Wildman–Crippen MR) is 63.0 cm³/mol. The summed E-state index contributed by atoms with van der Waals surface area (Å²) < 4.78 is 1.22. The standard InChI is InChI=1S/C8H6N4S3/c13-5-1-3-7(11-9-5)15-8-4-2-6(14)10-12-8/h1-4H,(H,9,13)(H,10,14). The summed E-state index contributed by atoms with van der Waals surface area (Å²) in [5.41, 5.74) is 0. The van der Waals surface area contributed by atoms with Crippen molar-refractivity contribution < 1.29 is 0 Å². The molecule has 0 amide bonds. The van der Waals surface area contributed by atoms with Crippen LogP contribution in [-0.4, -0.2) is 20.4 Å². The van der Waals surface area contributed by atoms with Crippen molar-refractivity contribution >= 4 is 36.2 Å². The minimum atomic E-state index is 0.611. The molecule has 0 aliphatic rings. The summed E-state index contributed by atoms with van der Waals surface area (Å²) in [5.74, 6) is 0. The van der Waals surface area contributed by atoms with E-state index < -0.39 is 0 Å². The molecule has 76 valence electrons. The van der Waals surface area contributed by atoms with Crippen LogP contribution in [-0.2, 0) is 0 Å². The van der Waals surface area contributed by atoms with Crippen molar-refractivity contribution in [2.75, 3.05) is 0 Å². The topological polar surface area (TPSA) is 57.4 Å². The van der Waals surface area contributed by atoms with Crippen molar-refractivity contribution in [3.05, 3.63) is 33.5 Å². The Morgan fingerprint density at radius 3 is 1.67 bits per heavy atom. The maximum Gasteiger partial charge on any atom is 0.123 e. The van der Waals surface area contributed by atoms with Gasteiger partial charge < -0.3 is 0 Å². The van der Waals surface area contributed by atoms with Gasteiger partial charge in [-0.3, -0.25) is 10.2 Å². The minimum absolute atomic E-state index is 0.611. The van der Waals surface area contributed by atoms with Crippen LogP contribution in [0.3, 0.4) is 0 Å². The number of H-pyrrole nitrogens is 2. The fraction of sp³-hybridized carbons (Fsp3) is 0. The van der Waals surface area contributed by atoms with E-state index in [-0.39, 0.29) is 0 Å². The Hall–Kier alpha value is -1.05. The molecule has 0 radical (unpaired) electrons. The monoisotopic (exact) mass is 254 g/mol. The average Bonchev–Trinajstić information content (AvgIpc) is 2.25. The van der Waals surface area contributed by atoms with E-state index in [4.69, 9.17) is 24.4 Å². The third-order valence-corrected chi connectivity index (χ3v) is 2.84. The number of nitrogens with zero attached hydrogens (tertiary/aromatic N) is 2. The van der Waals surface area contributed by atoms with Gasteiger partial charge in [-0.15, -0.1) is 0 Å². The summed E-state index contributed by atoms with van der Waals surface area (Å²) in [6, 6.07) is 7.26. The first-order valence-electron chi connectivity index (χ1n) is 4.03. The first-order chi connectivity index (χ1) is 7.24. The van der Waals surface area contributed by atoms with Gasteiger partial charge in [0, 0.05) is 0 Å². The van der Waals surface area contributed by atoms with Crippen LogP contribution in [0.25, 0.3) is 0 Å². The third kappa shape index (κ3) is 2.95. The molecular weight excluding hydrogens is 248 g/mol. The molecule has 2 N–H and O–H groups in total. The molecule has 0 bridgehead atoms. The molecule has 2 rings (SSSR count). The van der Waals surface area contributed by atoms with Crippen molar-refractivity contribution in [3.8, 4) is 0 Å². The molecule has 2 aromatic heterocycles. The molecule has 0 spiro atoms. The van der Waals surface area contributed by atoms with Crippen molar-refractivity contribution in [2.24, 2.45) is 0 Å². The van der Waals surface area contributed by atoms with Crippen molar-refractivity contribution in [1.82, 2.24) is 20.4 Å². The van der Waals surface area contributed by atoms with Crippen LogP contribution in [0.2, 0.25) is 0 Å². The molecule has 0 aliphatic carbocycles. The molecule has 0 aliphatic heterocycles. The number of aromatic amines is 2. The van der Waals surface area contributed by atoms with Crippen LogP contribution in [0.5, 0.6) is 0 Å². The number of hydrogen-bond donors (Lipinski definition) is 2. The predicted octanol–water partition coefficient (Wildman–Crippen LogP) is 2.74. The quantitative estimate of drug-likeness (QED) is 0.807. The highest BCUT2D eigenvalue weighted by Gasteiger charge is 1.98. The van der Waals surface area contributed by atoms with Crippen LogP contribution in [0.15, 0.2) is 34.3 Å². The number of nitrogens with one attached hydrogen (secondary N) is 2. The highest BCUT2D eigenvalue weighted by Crippen LogP contribution is 2.21. The molecule has 2 heterocycles. The van der Waals surface area contributed by atoms with Gasteiger partial charge in [-0.2, -0.15) is 10.2 Å². The van der Waals surface area contributed by atoms with Crippen LogP contribution in [0.4, 0.5) is 0 Å². The van der Waals surface area contributed by atoms with E-state index >= 15 is 0 Å². The van der Waals surface area contributed by atoms with Crippen molar-refractivity contribution in [2.45, 2.75) is 10.1 Å².